The minimum Gasteiger partial charge on any atom is -0.400 e. The van der Waals surface area contributed by atoms with Gasteiger partial charge in [-0.05, 0) is 62.7 Å². The molecular weight excluding hydrogens is 404 g/mol. The lowest BCUT2D eigenvalue weighted by Crippen LogP contribution is -2.43. The number of ether oxygens (including phenoxy) is 2. The third-order valence-electron chi connectivity index (χ3n) is 5.87. The lowest BCUT2D eigenvalue weighted by molar-refractivity contribution is -0.145. The average Bonchev–Trinajstić information content (AvgIpc) is 2.96. The maximum Gasteiger partial charge on any atom is 0.194 e. The van der Waals surface area contributed by atoms with E-state index in [0.717, 1.165) is 6.42 Å². The number of aliphatic hydroxyl groups is 1. The van der Waals surface area contributed by atoms with Crippen LogP contribution in [-0.4, -0.2) is 44.1 Å². The van der Waals surface area contributed by atoms with E-state index in [1.54, 1.807) is 0 Å². The molecule has 1 aliphatic heterocycles. The molecule has 0 unspecified atom stereocenters. The van der Waals surface area contributed by atoms with Gasteiger partial charge in [0.2, 0.25) is 0 Å². The SMILES string of the molecule is CCCCCCC/C=C\[C@@H](C#CC#C[C@@H]1OC(C)(C)O[C@H]1CO)O[Si](C)(C)C(C)(C)C. The second kappa shape index (κ2) is 12.8. The molecule has 0 bridgehead atoms. The van der Waals surface area contributed by atoms with Gasteiger partial charge in [-0.15, -0.1) is 0 Å². The van der Waals surface area contributed by atoms with Gasteiger partial charge in [0.25, 0.3) is 0 Å². The van der Waals surface area contributed by atoms with Crippen molar-refractivity contribution in [2.45, 2.75) is 122 Å². The fraction of sp³-hybridized carbons (Fsp3) is 0.769. The van der Waals surface area contributed by atoms with Crippen molar-refractivity contribution in [2.75, 3.05) is 6.61 Å². The summed E-state index contributed by atoms with van der Waals surface area (Å²) in [5.74, 6) is 11.2. The molecule has 0 aliphatic carbocycles. The summed E-state index contributed by atoms with van der Waals surface area (Å²) in [6.07, 6.45) is 10.5. The van der Waals surface area contributed by atoms with Crippen LogP contribution in [0.2, 0.25) is 18.1 Å². The number of allylic oxidation sites excluding steroid dienone is 1. The first-order chi connectivity index (χ1) is 14.4. The highest BCUT2D eigenvalue weighted by atomic mass is 28.4. The molecule has 176 valence electrons. The molecule has 31 heavy (non-hydrogen) atoms. The molecule has 1 saturated heterocycles. The van der Waals surface area contributed by atoms with E-state index >= 15 is 0 Å². The zero-order chi connectivity index (χ0) is 23.5. The molecule has 0 spiro atoms. The standard InChI is InChI=1S/C26H44O4Si/c1-9-10-11-12-13-14-15-18-22(30-31(7,8)25(2,3)4)19-16-17-20-23-24(21-27)29-26(5,6)28-23/h15,18,22-24,27H,9-14,21H2,1-8H3/b18-15-/t22-,23-,24-/m0/s1. The fourth-order valence-corrected chi connectivity index (χ4v) is 4.13. The van der Waals surface area contributed by atoms with Gasteiger partial charge >= 0.3 is 0 Å². The second-order valence-electron chi connectivity index (χ2n) is 10.2. The molecule has 0 aromatic rings. The highest BCUT2D eigenvalue weighted by Gasteiger charge is 2.40. The van der Waals surface area contributed by atoms with Gasteiger partial charge in [0, 0.05) is 0 Å². The summed E-state index contributed by atoms with van der Waals surface area (Å²) in [6, 6.07) is 0. The smallest absolute Gasteiger partial charge is 0.194 e. The summed E-state index contributed by atoms with van der Waals surface area (Å²) in [4.78, 5) is 0. The van der Waals surface area contributed by atoms with Gasteiger partial charge in [0.15, 0.2) is 20.2 Å². The molecule has 1 fully saturated rings. The van der Waals surface area contributed by atoms with Crippen molar-refractivity contribution in [3.63, 3.8) is 0 Å². The Kier molecular flexibility index (Phi) is 11.6. The average molecular weight is 449 g/mol. The van der Waals surface area contributed by atoms with Crippen LogP contribution in [0.15, 0.2) is 12.2 Å². The molecule has 1 aliphatic rings. The van der Waals surface area contributed by atoms with Crippen molar-refractivity contribution in [1.82, 2.24) is 0 Å². The summed E-state index contributed by atoms with van der Waals surface area (Å²) in [6.45, 7) is 16.9. The van der Waals surface area contributed by atoms with Crippen LogP contribution in [0.4, 0.5) is 0 Å². The van der Waals surface area contributed by atoms with Crippen LogP contribution in [0.1, 0.15) is 80.1 Å². The lowest BCUT2D eigenvalue weighted by Gasteiger charge is -2.37. The van der Waals surface area contributed by atoms with Crippen LogP contribution < -0.4 is 0 Å². The van der Waals surface area contributed by atoms with Gasteiger partial charge in [-0.2, -0.15) is 0 Å². The largest absolute Gasteiger partial charge is 0.400 e. The first-order valence-electron chi connectivity index (χ1n) is 11.7. The van der Waals surface area contributed by atoms with Crippen molar-refractivity contribution < 1.29 is 19.0 Å². The predicted octanol–water partition coefficient (Wildman–Crippen LogP) is 5.81. The van der Waals surface area contributed by atoms with E-state index in [2.05, 4.69) is 76.6 Å². The van der Waals surface area contributed by atoms with Gasteiger partial charge in [-0.1, -0.05) is 71.3 Å². The third kappa shape index (κ3) is 10.4. The summed E-state index contributed by atoms with van der Waals surface area (Å²) in [7, 11) is -1.96. The second-order valence-corrected chi connectivity index (χ2v) is 15.0. The van der Waals surface area contributed by atoms with E-state index in [4.69, 9.17) is 13.9 Å². The highest BCUT2D eigenvalue weighted by molar-refractivity contribution is 6.74. The van der Waals surface area contributed by atoms with E-state index in [9.17, 15) is 5.11 Å². The van der Waals surface area contributed by atoms with Crippen LogP contribution in [0.5, 0.6) is 0 Å². The van der Waals surface area contributed by atoms with Crippen LogP contribution >= 0.6 is 0 Å². The van der Waals surface area contributed by atoms with Gasteiger partial charge in [0.1, 0.15) is 12.2 Å². The summed E-state index contributed by atoms with van der Waals surface area (Å²) in [5.41, 5.74) is 0. The highest BCUT2D eigenvalue weighted by Crippen LogP contribution is 2.37. The normalized spacial score (nSPS) is 22.0. The van der Waals surface area contributed by atoms with Crippen LogP contribution in [0, 0.1) is 23.7 Å². The molecule has 1 rings (SSSR count). The molecule has 0 amide bonds. The molecule has 3 atom stereocenters. The molecule has 0 radical (unpaired) electrons. The van der Waals surface area contributed by atoms with Crippen molar-refractivity contribution in [3.8, 4) is 23.7 Å². The maximum absolute atomic E-state index is 9.47. The van der Waals surface area contributed by atoms with E-state index in [0.29, 0.717) is 0 Å². The van der Waals surface area contributed by atoms with Crippen molar-refractivity contribution in [3.05, 3.63) is 12.2 Å². The maximum atomic E-state index is 9.47. The Hall–Kier alpha value is -1.08. The molecule has 0 aromatic carbocycles. The monoisotopic (exact) mass is 448 g/mol. The van der Waals surface area contributed by atoms with Crippen LogP contribution in [0.25, 0.3) is 0 Å². The molecule has 4 nitrogen and oxygen atoms in total. The third-order valence-corrected chi connectivity index (χ3v) is 10.3. The number of aliphatic hydroxyl groups excluding tert-OH is 1. The minimum atomic E-state index is -1.96. The Bertz CT molecular complexity index is 682. The van der Waals surface area contributed by atoms with Gasteiger partial charge < -0.3 is 19.0 Å². The van der Waals surface area contributed by atoms with Gasteiger partial charge in [-0.3, -0.25) is 0 Å². The number of hydrogen-bond donors (Lipinski definition) is 1. The molecular formula is C26H44O4Si. The van der Waals surface area contributed by atoms with Crippen LogP contribution in [0.3, 0.4) is 0 Å². The van der Waals surface area contributed by atoms with Crippen molar-refractivity contribution >= 4 is 8.32 Å². The molecule has 0 aromatic heterocycles. The van der Waals surface area contributed by atoms with E-state index in [1.165, 1.54) is 32.1 Å². The Labute approximate surface area is 192 Å². The van der Waals surface area contributed by atoms with Crippen molar-refractivity contribution in [1.29, 1.82) is 0 Å². The van der Waals surface area contributed by atoms with E-state index < -0.39 is 26.3 Å². The lowest BCUT2D eigenvalue weighted by atomic mass is 10.1. The van der Waals surface area contributed by atoms with E-state index in [-0.39, 0.29) is 17.7 Å². The predicted molar refractivity (Wildman–Crippen MR) is 131 cm³/mol. The Morgan fingerprint density at radius 1 is 1.10 bits per heavy atom. The summed E-state index contributed by atoms with van der Waals surface area (Å²) < 4.78 is 17.9. The molecule has 1 N–H and O–H groups in total. The quantitative estimate of drug-likeness (QED) is 0.198. The fourth-order valence-electron chi connectivity index (χ4n) is 3.00. The minimum absolute atomic E-state index is 0.113. The first kappa shape index (κ1) is 28.0. The molecule has 1 heterocycles. The molecule has 0 saturated carbocycles. The summed E-state index contributed by atoms with van der Waals surface area (Å²) in [5, 5.41) is 9.59. The zero-order valence-electron chi connectivity index (χ0n) is 21.0. The van der Waals surface area contributed by atoms with Gasteiger partial charge in [0.05, 0.1) is 6.61 Å². The summed E-state index contributed by atoms with van der Waals surface area (Å²) >= 11 is 0. The first-order valence-corrected chi connectivity index (χ1v) is 14.6. The van der Waals surface area contributed by atoms with Gasteiger partial charge in [-0.25, -0.2) is 0 Å². The molecule has 5 heteroatoms. The number of hydrogen-bond acceptors (Lipinski definition) is 4. The van der Waals surface area contributed by atoms with Crippen LogP contribution in [-0.2, 0) is 13.9 Å². The van der Waals surface area contributed by atoms with Crippen molar-refractivity contribution in [2.24, 2.45) is 0 Å². The number of rotatable bonds is 10. The van der Waals surface area contributed by atoms with E-state index in [1.807, 2.05) is 13.8 Å². The Balaban J connectivity index is 2.82. The topological polar surface area (TPSA) is 47.9 Å². The number of unbranched alkanes of at least 4 members (excludes halogenated alkanes) is 5. The Morgan fingerprint density at radius 3 is 2.39 bits per heavy atom. The zero-order valence-corrected chi connectivity index (χ0v) is 22.0. The Morgan fingerprint density at radius 2 is 1.77 bits per heavy atom.